The summed E-state index contributed by atoms with van der Waals surface area (Å²) in [6, 6.07) is 9.75. The topological polar surface area (TPSA) is 126 Å². The van der Waals surface area contributed by atoms with Crippen molar-refractivity contribution in [1.82, 2.24) is 9.78 Å². The largest absolute Gasteiger partial charge is 0.493 e. The fourth-order valence-corrected chi connectivity index (χ4v) is 2.95. The lowest BCUT2D eigenvalue weighted by atomic mass is 10.1. The number of benzene rings is 2. The molecule has 0 radical (unpaired) electrons. The third-order valence-corrected chi connectivity index (χ3v) is 4.54. The minimum atomic E-state index is -0.513. The molecular weight excluding hydrogens is 404 g/mol. The second-order valence-electron chi connectivity index (χ2n) is 6.61. The van der Waals surface area contributed by atoms with E-state index in [4.69, 9.17) is 9.47 Å². The van der Waals surface area contributed by atoms with Crippen LogP contribution in [0.5, 0.6) is 11.5 Å². The monoisotopic (exact) mass is 424 g/mol. The maximum absolute atomic E-state index is 12.7. The number of carbonyl (C=O) groups excluding carboxylic acids is 2. The van der Waals surface area contributed by atoms with Crippen molar-refractivity contribution in [2.24, 2.45) is 0 Å². The quantitative estimate of drug-likeness (QED) is 0.334. The lowest BCUT2D eigenvalue weighted by Gasteiger charge is -2.14. The summed E-state index contributed by atoms with van der Waals surface area (Å²) in [4.78, 5) is 35.0. The molecule has 0 atom stereocenters. The number of ketones is 1. The van der Waals surface area contributed by atoms with E-state index in [2.05, 4.69) is 10.4 Å². The van der Waals surface area contributed by atoms with Crippen LogP contribution in [0.25, 0.3) is 0 Å². The van der Waals surface area contributed by atoms with Crippen LogP contribution in [0.4, 0.5) is 11.4 Å². The van der Waals surface area contributed by atoms with Crippen molar-refractivity contribution in [3.05, 3.63) is 75.6 Å². The standard InChI is InChI=1S/C21H20N4O6/c1-13(26)17-8-19(30-2)20(31-3)9-18(17)23-21(27)15-6-4-14(5-7-15)11-24-12-16(10-22-24)25(28)29/h4-10,12H,11H2,1-3H3,(H,23,27). The Kier molecular flexibility index (Phi) is 6.29. The molecule has 0 fully saturated rings. The number of hydrogen-bond donors (Lipinski definition) is 1. The number of nitrogens with one attached hydrogen (secondary N) is 1. The summed E-state index contributed by atoms with van der Waals surface area (Å²) >= 11 is 0. The number of anilines is 1. The van der Waals surface area contributed by atoms with Crippen LogP contribution < -0.4 is 14.8 Å². The van der Waals surface area contributed by atoms with E-state index < -0.39 is 10.8 Å². The first kappa shape index (κ1) is 21.5. The van der Waals surface area contributed by atoms with E-state index in [9.17, 15) is 19.7 Å². The molecule has 1 heterocycles. The molecule has 0 bridgehead atoms. The minimum absolute atomic E-state index is 0.0906. The van der Waals surface area contributed by atoms with E-state index >= 15 is 0 Å². The van der Waals surface area contributed by atoms with Gasteiger partial charge in [0.25, 0.3) is 5.91 Å². The number of nitro groups is 1. The van der Waals surface area contributed by atoms with Crippen LogP contribution >= 0.6 is 0 Å². The number of Topliss-reactive ketones (excluding diaryl/α,β-unsaturated/α-hetero) is 1. The molecule has 1 amide bonds. The maximum atomic E-state index is 12.7. The summed E-state index contributed by atoms with van der Waals surface area (Å²) in [5, 5.41) is 17.4. The Hall–Kier alpha value is -4.21. The first-order valence-electron chi connectivity index (χ1n) is 9.16. The smallest absolute Gasteiger partial charge is 0.307 e. The van der Waals surface area contributed by atoms with Crippen LogP contribution in [-0.2, 0) is 6.54 Å². The molecule has 0 aliphatic heterocycles. The molecule has 0 saturated heterocycles. The van der Waals surface area contributed by atoms with Gasteiger partial charge in [-0.05, 0) is 30.7 Å². The highest BCUT2D eigenvalue weighted by molar-refractivity contribution is 6.09. The highest BCUT2D eigenvalue weighted by Crippen LogP contribution is 2.33. The Morgan fingerprint density at radius 2 is 1.77 bits per heavy atom. The predicted molar refractivity (Wildman–Crippen MR) is 112 cm³/mol. The summed E-state index contributed by atoms with van der Waals surface area (Å²) in [7, 11) is 2.92. The van der Waals surface area contributed by atoms with Crippen LogP contribution in [0.3, 0.4) is 0 Å². The molecule has 0 aliphatic rings. The van der Waals surface area contributed by atoms with E-state index in [1.165, 1.54) is 50.4 Å². The highest BCUT2D eigenvalue weighted by atomic mass is 16.6. The molecule has 10 heteroatoms. The number of ether oxygens (including phenoxy) is 2. The Morgan fingerprint density at radius 1 is 1.13 bits per heavy atom. The zero-order chi connectivity index (χ0) is 22.5. The van der Waals surface area contributed by atoms with Gasteiger partial charge in [-0.25, -0.2) is 0 Å². The fraction of sp³-hybridized carbons (Fsp3) is 0.190. The van der Waals surface area contributed by atoms with Crippen molar-refractivity contribution in [3.63, 3.8) is 0 Å². The van der Waals surface area contributed by atoms with E-state index in [0.29, 0.717) is 34.9 Å². The van der Waals surface area contributed by atoms with Gasteiger partial charge in [0.15, 0.2) is 17.3 Å². The predicted octanol–water partition coefficient (Wildman–Crippen LogP) is 3.31. The summed E-state index contributed by atoms with van der Waals surface area (Å²) < 4.78 is 11.9. The third kappa shape index (κ3) is 4.86. The number of nitrogens with zero attached hydrogens (tertiary/aromatic N) is 3. The molecule has 31 heavy (non-hydrogen) atoms. The summed E-state index contributed by atoms with van der Waals surface area (Å²) in [5.74, 6) is 0.122. The van der Waals surface area contributed by atoms with Crippen molar-refractivity contribution in [2.45, 2.75) is 13.5 Å². The van der Waals surface area contributed by atoms with Crippen LogP contribution in [-0.4, -0.2) is 40.6 Å². The van der Waals surface area contributed by atoms with Gasteiger partial charge in [0.05, 0.1) is 31.4 Å². The first-order valence-corrected chi connectivity index (χ1v) is 9.16. The van der Waals surface area contributed by atoms with Crippen molar-refractivity contribution >= 4 is 23.1 Å². The van der Waals surface area contributed by atoms with Gasteiger partial charge in [-0.1, -0.05) is 12.1 Å². The Labute approximate surface area is 177 Å². The molecule has 3 rings (SSSR count). The molecule has 160 valence electrons. The molecular formula is C21H20N4O6. The highest BCUT2D eigenvalue weighted by Gasteiger charge is 2.17. The van der Waals surface area contributed by atoms with Gasteiger partial charge >= 0.3 is 5.69 Å². The van der Waals surface area contributed by atoms with E-state index in [-0.39, 0.29) is 11.5 Å². The SMILES string of the molecule is COc1cc(NC(=O)c2ccc(Cn3cc([N+](=O)[O-])cn3)cc2)c(C(C)=O)cc1OC. The fourth-order valence-electron chi connectivity index (χ4n) is 2.95. The molecule has 0 spiro atoms. The van der Waals surface area contributed by atoms with Gasteiger partial charge in [-0.3, -0.25) is 24.4 Å². The van der Waals surface area contributed by atoms with Gasteiger partial charge in [0.2, 0.25) is 0 Å². The van der Waals surface area contributed by atoms with E-state index in [1.807, 2.05) is 0 Å². The summed E-state index contributed by atoms with van der Waals surface area (Å²) in [6.45, 7) is 1.71. The second kappa shape index (κ2) is 9.08. The molecule has 0 unspecified atom stereocenters. The average molecular weight is 424 g/mol. The lowest BCUT2D eigenvalue weighted by Crippen LogP contribution is -2.15. The van der Waals surface area contributed by atoms with Crippen molar-refractivity contribution in [3.8, 4) is 11.5 Å². The second-order valence-corrected chi connectivity index (χ2v) is 6.61. The van der Waals surface area contributed by atoms with Crippen LogP contribution in [0, 0.1) is 10.1 Å². The molecule has 10 nitrogen and oxygen atoms in total. The zero-order valence-corrected chi connectivity index (χ0v) is 17.1. The molecule has 0 aliphatic carbocycles. The number of rotatable bonds is 8. The third-order valence-electron chi connectivity index (χ3n) is 4.54. The summed E-state index contributed by atoms with van der Waals surface area (Å²) in [5.41, 5.74) is 1.70. The summed E-state index contributed by atoms with van der Waals surface area (Å²) in [6.07, 6.45) is 2.51. The number of hydrogen-bond acceptors (Lipinski definition) is 7. The van der Waals surface area contributed by atoms with Gasteiger partial charge in [-0.2, -0.15) is 5.10 Å². The lowest BCUT2D eigenvalue weighted by molar-refractivity contribution is -0.385. The van der Waals surface area contributed by atoms with E-state index in [0.717, 1.165) is 5.56 Å². The van der Waals surface area contributed by atoms with Crippen LogP contribution in [0.1, 0.15) is 33.2 Å². The van der Waals surface area contributed by atoms with E-state index in [1.54, 1.807) is 24.3 Å². The minimum Gasteiger partial charge on any atom is -0.493 e. The normalized spacial score (nSPS) is 10.4. The molecule has 3 aromatic rings. The van der Waals surface area contributed by atoms with Crippen molar-refractivity contribution in [2.75, 3.05) is 19.5 Å². The van der Waals surface area contributed by atoms with Crippen molar-refractivity contribution in [1.29, 1.82) is 0 Å². The van der Waals surface area contributed by atoms with Gasteiger partial charge in [0, 0.05) is 17.2 Å². The Balaban J connectivity index is 1.77. The molecule has 0 saturated carbocycles. The van der Waals surface area contributed by atoms with Crippen LogP contribution in [0.15, 0.2) is 48.8 Å². The maximum Gasteiger partial charge on any atom is 0.307 e. The van der Waals surface area contributed by atoms with Gasteiger partial charge in [0.1, 0.15) is 12.4 Å². The number of aromatic nitrogens is 2. The number of methoxy groups -OCH3 is 2. The zero-order valence-electron chi connectivity index (χ0n) is 17.1. The average Bonchev–Trinajstić information content (AvgIpc) is 3.22. The van der Waals surface area contributed by atoms with Crippen LogP contribution in [0.2, 0.25) is 0 Å². The number of amides is 1. The number of carbonyl (C=O) groups is 2. The Bertz CT molecular complexity index is 1140. The molecule has 1 N–H and O–H groups in total. The van der Waals surface area contributed by atoms with Crippen molar-refractivity contribution < 1.29 is 24.0 Å². The first-order chi connectivity index (χ1) is 14.8. The Morgan fingerprint density at radius 3 is 2.32 bits per heavy atom. The molecule has 1 aromatic heterocycles. The van der Waals surface area contributed by atoms with Gasteiger partial charge < -0.3 is 14.8 Å². The van der Waals surface area contributed by atoms with Gasteiger partial charge in [-0.15, -0.1) is 0 Å². The molecule has 2 aromatic carbocycles.